The maximum Gasteiger partial charge on any atom is 0.161 e. The molecule has 0 aromatic heterocycles. The highest BCUT2D eigenvalue weighted by molar-refractivity contribution is 5.44. The summed E-state index contributed by atoms with van der Waals surface area (Å²) in [7, 11) is 0. The Labute approximate surface area is 126 Å². The fourth-order valence-corrected chi connectivity index (χ4v) is 3.28. The molecule has 1 fully saturated rings. The van der Waals surface area contributed by atoms with Gasteiger partial charge in [0, 0.05) is 5.54 Å². The lowest BCUT2D eigenvalue weighted by Crippen LogP contribution is -2.50. The number of ether oxygens (including phenoxy) is 2. The predicted octanol–water partition coefficient (Wildman–Crippen LogP) is 2.76. The minimum Gasteiger partial charge on any atom is -0.486 e. The lowest BCUT2D eigenvalue weighted by molar-refractivity contribution is -0.0210. The van der Waals surface area contributed by atoms with Gasteiger partial charge in [-0.15, -0.1) is 0 Å². The number of nitrogens with zero attached hydrogens (tertiary/aromatic N) is 1. The average molecular weight is 291 g/mol. The summed E-state index contributed by atoms with van der Waals surface area (Å²) in [5.74, 6) is 1.51. The molecule has 0 spiro atoms. The van der Waals surface area contributed by atoms with Crippen LogP contribution >= 0.6 is 0 Å². The summed E-state index contributed by atoms with van der Waals surface area (Å²) in [6.45, 7) is 7.54. The smallest absolute Gasteiger partial charge is 0.161 e. The zero-order chi connectivity index (χ0) is 14.9. The molecule has 0 saturated carbocycles. The molecule has 4 nitrogen and oxygen atoms in total. The Balaban J connectivity index is 1.81. The van der Waals surface area contributed by atoms with Gasteiger partial charge in [0.25, 0.3) is 0 Å². The summed E-state index contributed by atoms with van der Waals surface area (Å²) in [4.78, 5) is 2.40. The molecule has 2 heterocycles. The first-order valence-corrected chi connectivity index (χ1v) is 7.92. The standard InChI is InChI=1S/C17H25NO3/c1-17(2,18-8-4-3-5-9-18)16(19)13-6-7-14-15(12-13)21-11-10-20-14/h6-7,12,16,19H,3-5,8-11H2,1-2H3. The van der Waals surface area contributed by atoms with Crippen LogP contribution in [-0.4, -0.2) is 41.8 Å². The zero-order valence-corrected chi connectivity index (χ0v) is 13.0. The predicted molar refractivity (Wildman–Crippen MR) is 81.9 cm³/mol. The van der Waals surface area contributed by atoms with E-state index in [0.717, 1.165) is 30.2 Å². The van der Waals surface area contributed by atoms with E-state index >= 15 is 0 Å². The molecule has 1 unspecified atom stereocenters. The van der Waals surface area contributed by atoms with E-state index in [1.54, 1.807) is 0 Å². The summed E-state index contributed by atoms with van der Waals surface area (Å²) in [5, 5.41) is 10.9. The van der Waals surface area contributed by atoms with Crippen molar-refractivity contribution in [2.75, 3.05) is 26.3 Å². The number of fused-ring (bicyclic) bond motifs is 1. The molecule has 1 aromatic rings. The van der Waals surface area contributed by atoms with Crippen LogP contribution in [0.15, 0.2) is 18.2 Å². The third-order valence-corrected chi connectivity index (χ3v) is 4.72. The van der Waals surface area contributed by atoms with Gasteiger partial charge in [0.2, 0.25) is 0 Å². The number of rotatable bonds is 3. The van der Waals surface area contributed by atoms with Gasteiger partial charge >= 0.3 is 0 Å². The lowest BCUT2D eigenvalue weighted by atomic mass is 9.87. The quantitative estimate of drug-likeness (QED) is 0.930. The molecule has 0 bridgehead atoms. The van der Waals surface area contributed by atoms with Gasteiger partial charge in [-0.1, -0.05) is 12.5 Å². The van der Waals surface area contributed by atoms with Crippen molar-refractivity contribution in [2.45, 2.75) is 44.8 Å². The minimum absolute atomic E-state index is 0.274. The van der Waals surface area contributed by atoms with Crippen LogP contribution in [0.1, 0.15) is 44.8 Å². The molecule has 116 valence electrons. The maximum atomic E-state index is 10.9. The van der Waals surface area contributed by atoms with Crippen molar-refractivity contribution in [3.05, 3.63) is 23.8 Å². The Bertz CT molecular complexity index is 495. The fourth-order valence-electron chi connectivity index (χ4n) is 3.28. The molecule has 4 heteroatoms. The number of benzene rings is 1. The molecule has 0 radical (unpaired) electrons. The number of hydrogen-bond acceptors (Lipinski definition) is 4. The largest absolute Gasteiger partial charge is 0.486 e. The Morgan fingerprint density at radius 3 is 2.43 bits per heavy atom. The Morgan fingerprint density at radius 2 is 1.71 bits per heavy atom. The molecule has 1 N–H and O–H groups in total. The molecule has 2 aliphatic rings. The van der Waals surface area contributed by atoms with E-state index in [1.165, 1.54) is 19.3 Å². The van der Waals surface area contributed by atoms with Gasteiger partial charge in [-0.05, 0) is 57.5 Å². The molecular weight excluding hydrogens is 266 g/mol. The topological polar surface area (TPSA) is 41.9 Å². The third-order valence-electron chi connectivity index (χ3n) is 4.72. The van der Waals surface area contributed by atoms with Crippen LogP contribution in [0.5, 0.6) is 11.5 Å². The number of aliphatic hydroxyl groups is 1. The van der Waals surface area contributed by atoms with Gasteiger partial charge in [-0.3, -0.25) is 4.90 Å². The van der Waals surface area contributed by atoms with Crippen molar-refractivity contribution < 1.29 is 14.6 Å². The molecule has 0 amide bonds. The van der Waals surface area contributed by atoms with Crippen LogP contribution in [-0.2, 0) is 0 Å². The molecule has 0 aliphatic carbocycles. The Hall–Kier alpha value is -1.26. The highest BCUT2D eigenvalue weighted by Crippen LogP contribution is 2.38. The fraction of sp³-hybridized carbons (Fsp3) is 0.647. The summed E-state index contributed by atoms with van der Waals surface area (Å²) in [6, 6.07) is 5.77. The second-order valence-corrected chi connectivity index (χ2v) is 6.51. The van der Waals surface area contributed by atoms with E-state index in [4.69, 9.17) is 9.47 Å². The van der Waals surface area contributed by atoms with Gasteiger partial charge in [0.05, 0.1) is 6.10 Å². The normalized spacial score (nSPS) is 21.1. The van der Waals surface area contributed by atoms with E-state index in [-0.39, 0.29) is 5.54 Å². The Morgan fingerprint density at radius 1 is 1.05 bits per heavy atom. The number of likely N-dealkylation sites (tertiary alicyclic amines) is 1. The number of hydrogen-bond donors (Lipinski definition) is 1. The average Bonchev–Trinajstić information content (AvgIpc) is 2.54. The van der Waals surface area contributed by atoms with Crippen molar-refractivity contribution in [2.24, 2.45) is 0 Å². The first-order chi connectivity index (χ1) is 10.1. The van der Waals surface area contributed by atoms with Crippen molar-refractivity contribution in [1.82, 2.24) is 4.90 Å². The first-order valence-electron chi connectivity index (χ1n) is 7.92. The van der Waals surface area contributed by atoms with Gasteiger partial charge in [0.1, 0.15) is 13.2 Å². The summed E-state index contributed by atoms with van der Waals surface area (Å²) in [6.07, 6.45) is 3.20. The second-order valence-electron chi connectivity index (χ2n) is 6.51. The van der Waals surface area contributed by atoms with Crippen molar-refractivity contribution >= 4 is 0 Å². The Kier molecular flexibility index (Phi) is 4.09. The van der Waals surface area contributed by atoms with Gasteiger partial charge in [-0.2, -0.15) is 0 Å². The van der Waals surface area contributed by atoms with E-state index in [1.807, 2.05) is 18.2 Å². The lowest BCUT2D eigenvalue weighted by Gasteiger charge is -2.44. The zero-order valence-electron chi connectivity index (χ0n) is 13.0. The highest BCUT2D eigenvalue weighted by Gasteiger charge is 2.36. The van der Waals surface area contributed by atoms with Crippen LogP contribution in [0.2, 0.25) is 0 Å². The molecular formula is C17H25NO3. The monoisotopic (exact) mass is 291 g/mol. The maximum absolute atomic E-state index is 10.9. The van der Waals surface area contributed by atoms with E-state index in [9.17, 15) is 5.11 Å². The molecule has 1 atom stereocenters. The minimum atomic E-state index is -0.536. The van der Waals surface area contributed by atoms with Crippen molar-refractivity contribution in [3.8, 4) is 11.5 Å². The molecule has 1 aromatic carbocycles. The molecule has 2 aliphatic heterocycles. The van der Waals surface area contributed by atoms with Gasteiger partial charge in [-0.25, -0.2) is 0 Å². The molecule has 3 rings (SSSR count). The van der Waals surface area contributed by atoms with Crippen LogP contribution in [0.25, 0.3) is 0 Å². The van der Waals surface area contributed by atoms with Crippen LogP contribution in [0.4, 0.5) is 0 Å². The summed E-state index contributed by atoms with van der Waals surface area (Å²) < 4.78 is 11.2. The van der Waals surface area contributed by atoms with E-state index in [2.05, 4.69) is 18.7 Å². The van der Waals surface area contributed by atoms with E-state index in [0.29, 0.717) is 13.2 Å². The highest BCUT2D eigenvalue weighted by atomic mass is 16.6. The van der Waals surface area contributed by atoms with Crippen molar-refractivity contribution in [3.63, 3.8) is 0 Å². The van der Waals surface area contributed by atoms with Crippen molar-refractivity contribution in [1.29, 1.82) is 0 Å². The summed E-state index contributed by atoms with van der Waals surface area (Å²) in [5.41, 5.74) is 0.624. The molecule has 1 saturated heterocycles. The SMILES string of the molecule is CC(C)(C(O)c1ccc2c(c1)OCCO2)N1CCCCC1. The van der Waals surface area contributed by atoms with Gasteiger partial charge in [0.15, 0.2) is 11.5 Å². The van der Waals surface area contributed by atoms with Gasteiger partial charge < -0.3 is 14.6 Å². The van der Waals surface area contributed by atoms with Crippen LogP contribution < -0.4 is 9.47 Å². The molecule has 21 heavy (non-hydrogen) atoms. The van der Waals surface area contributed by atoms with Crippen LogP contribution in [0.3, 0.4) is 0 Å². The second kappa shape index (κ2) is 5.85. The third kappa shape index (κ3) is 2.87. The number of aliphatic hydroxyl groups excluding tert-OH is 1. The summed E-state index contributed by atoms with van der Waals surface area (Å²) >= 11 is 0. The van der Waals surface area contributed by atoms with Crippen LogP contribution in [0, 0.1) is 0 Å². The number of piperidine rings is 1. The van der Waals surface area contributed by atoms with E-state index < -0.39 is 6.10 Å². The first kappa shape index (κ1) is 14.7.